The van der Waals surface area contributed by atoms with Gasteiger partial charge in [0, 0.05) is 35.4 Å². The maximum atomic E-state index is 4.82. The van der Waals surface area contributed by atoms with Gasteiger partial charge in [-0.05, 0) is 48.0 Å². The van der Waals surface area contributed by atoms with Crippen molar-refractivity contribution < 1.29 is 0 Å². The lowest BCUT2D eigenvalue weighted by molar-refractivity contribution is 0.230. The number of nitrogens with zero attached hydrogens (tertiary/aromatic N) is 7. The van der Waals surface area contributed by atoms with E-state index in [4.69, 9.17) is 4.98 Å². The van der Waals surface area contributed by atoms with E-state index in [0.717, 1.165) is 45.8 Å². The minimum absolute atomic E-state index is 0.647. The largest absolute Gasteiger partial charge is 0.351 e. The first-order valence-electron chi connectivity index (χ1n) is 7.93. The van der Waals surface area contributed by atoms with Gasteiger partial charge < -0.3 is 4.90 Å². The Morgan fingerprint density at radius 3 is 3.13 bits per heavy atom. The van der Waals surface area contributed by atoms with E-state index in [1.54, 1.807) is 6.33 Å². The number of fused-ring (bicyclic) bond motifs is 4. The molecule has 2 aliphatic heterocycles. The zero-order valence-corrected chi connectivity index (χ0v) is 14.7. The lowest BCUT2D eigenvalue weighted by Gasteiger charge is -2.38. The first-order valence-corrected chi connectivity index (χ1v) is 9.01. The van der Waals surface area contributed by atoms with Crippen molar-refractivity contribution in [2.45, 2.75) is 18.9 Å². The number of aromatic nitrogens is 5. The second-order valence-corrected chi connectivity index (χ2v) is 7.48. The van der Waals surface area contributed by atoms with Crippen LogP contribution >= 0.6 is 22.6 Å². The molecule has 2 saturated heterocycles. The number of hydrogen-bond donors (Lipinski definition) is 0. The molecular formula is C15H16IN7. The maximum Gasteiger partial charge on any atom is 0.204 e. The van der Waals surface area contributed by atoms with Crippen molar-refractivity contribution in [1.82, 2.24) is 29.5 Å². The van der Waals surface area contributed by atoms with E-state index in [1.807, 2.05) is 10.6 Å². The maximum absolute atomic E-state index is 4.82. The summed E-state index contributed by atoms with van der Waals surface area (Å²) in [5.74, 6) is 0.912. The molecule has 3 aromatic rings. The summed E-state index contributed by atoms with van der Waals surface area (Å²) in [6, 6.07) is 2.72. The van der Waals surface area contributed by atoms with Gasteiger partial charge in [0.2, 0.25) is 5.65 Å². The number of pyridine rings is 1. The molecule has 23 heavy (non-hydrogen) atoms. The molecule has 0 radical (unpaired) electrons. The van der Waals surface area contributed by atoms with Crippen molar-refractivity contribution in [2.24, 2.45) is 0 Å². The van der Waals surface area contributed by atoms with E-state index >= 15 is 0 Å². The summed E-state index contributed by atoms with van der Waals surface area (Å²) in [5, 5.41) is 8.43. The van der Waals surface area contributed by atoms with E-state index in [1.165, 1.54) is 19.4 Å². The molecule has 3 aromatic heterocycles. The molecule has 0 saturated carbocycles. The van der Waals surface area contributed by atoms with Crippen LogP contribution in [-0.2, 0) is 0 Å². The molecule has 0 aromatic carbocycles. The average molecular weight is 421 g/mol. The Kier molecular flexibility index (Phi) is 3.15. The highest BCUT2D eigenvalue weighted by molar-refractivity contribution is 14.1. The van der Waals surface area contributed by atoms with Crippen LogP contribution in [-0.4, -0.2) is 61.7 Å². The van der Waals surface area contributed by atoms with Gasteiger partial charge in [0.05, 0.1) is 5.52 Å². The normalized spacial score (nSPS) is 22.1. The Bertz CT molecular complexity index is 892. The van der Waals surface area contributed by atoms with Crippen LogP contribution in [0.4, 0.5) is 5.82 Å². The summed E-state index contributed by atoms with van der Waals surface area (Å²) in [5.41, 5.74) is 2.54. The van der Waals surface area contributed by atoms with Crippen molar-refractivity contribution in [2.75, 3.05) is 31.1 Å². The number of rotatable bonds is 1. The number of anilines is 1. The third-order valence-corrected chi connectivity index (χ3v) is 5.51. The summed E-state index contributed by atoms with van der Waals surface area (Å²) in [4.78, 5) is 14.3. The van der Waals surface area contributed by atoms with Gasteiger partial charge in [0.25, 0.3) is 0 Å². The molecular weight excluding hydrogens is 405 g/mol. The van der Waals surface area contributed by atoms with E-state index < -0.39 is 0 Å². The van der Waals surface area contributed by atoms with Crippen LogP contribution < -0.4 is 4.90 Å². The molecule has 118 valence electrons. The van der Waals surface area contributed by atoms with Gasteiger partial charge in [-0.25, -0.2) is 9.97 Å². The molecule has 0 bridgehead atoms. The molecule has 0 amide bonds. The Morgan fingerprint density at radius 2 is 2.17 bits per heavy atom. The van der Waals surface area contributed by atoms with Crippen LogP contribution in [0.3, 0.4) is 0 Å². The van der Waals surface area contributed by atoms with Gasteiger partial charge in [-0.2, -0.15) is 0 Å². The van der Waals surface area contributed by atoms with Crippen LogP contribution in [0.1, 0.15) is 12.8 Å². The fourth-order valence-corrected chi connectivity index (χ4v) is 4.23. The van der Waals surface area contributed by atoms with Crippen molar-refractivity contribution in [3.63, 3.8) is 0 Å². The van der Waals surface area contributed by atoms with E-state index in [0.29, 0.717) is 6.04 Å². The number of hydrogen-bond acceptors (Lipinski definition) is 6. The standard InChI is InChI=1S/C15H16IN7/c16-10-6-12-13(17-7-10)19-14(15-20-18-9-23(12)15)22-5-4-21-3-1-2-11(21)8-22/h6-7,9,11H,1-5,8H2. The third-order valence-electron chi connectivity index (χ3n) is 4.92. The summed E-state index contributed by atoms with van der Waals surface area (Å²) in [6.07, 6.45) is 6.20. The van der Waals surface area contributed by atoms with Gasteiger partial charge in [-0.1, -0.05) is 0 Å². The summed E-state index contributed by atoms with van der Waals surface area (Å²) in [7, 11) is 0. The van der Waals surface area contributed by atoms with Gasteiger partial charge in [0.1, 0.15) is 6.33 Å². The highest BCUT2D eigenvalue weighted by Crippen LogP contribution is 2.28. The molecule has 0 N–H and O–H groups in total. The molecule has 2 fully saturated rings. The van der Waals surface area contributed by atoms with Gasteiger partial charge in [0.15, 0.2) is 11.5 Å². The fourth-order valence-electron chi connectivity index (χ4n) is 3.79. The lowest BCUT2D eigenvalue weighted by atomic mass is 10.1. The second kappa shape index (κ2) is 5.23. The SMILES string of the molecule is Ic1cnc2nc(N3CCN4CCCC4C3)c3nncn3c2c1. The first kappa shape index (κ1) is 13.8. The van der Waals surface area contributed by atoms with Crippen LogP contribution in [0.25, 0.3) is 16.8 Å². The fraction of sp³-hybridized carbons (Fsp3) is 0.467. The van der Waals surface area contributed by atoms with Crippen molar-refractivity contribution >= 4 is 45.2 Å². The molecule has 5 rings (SSSR count). The molecule has 1 unspecified atom stereocenters. The minimum Gasteiger partial charge on any atom is -0.351 e. The second-order valence-electron chi connectivity index (χ2n) is 6.23. The highest BCUT2D eigenvalue weighted by Gasteiger charge is 2.32. The highest BCUT2D eigenvalue weighted by atomic mass is 127. The first-order chi connectivity index (χ1) is 11.3. The zero-order chi connectivity index (χ0) is 15.4. The predicted octanol–water partition coefficient (Wildman–Crippen LogP) is 1.56. The van der Waals surface area contributed by atoms with Crippen LogP contribution in [0.5, 0.6) is 0 Å². The quantitative estimate of drug-likeness (QED) is 0.556. The monoisotopic (exact) mass is 421 g/mol. The number of piperazine rings is 1. The summed E-state index contributed by atoms with van der Waals surface area (Å²) >= 11 is 2.27. The van der Waals surface area contributed by atoms with Crippen molar-refractivity contribution in [1.29, 1.82) is 0 Å². The molecule has 5 heterocycles. The Labute approximate surface area is 146 Å². The lowest BCUT2D eigenvalue weighted by Crippen LogP contribution is -2.50. The Morgan fingerprint density at radius 1 is 1.22 bits per heavy atom. The smallest absolute Gasteiger partial charge is 0.204 e. The van der Waals surface area contributed by atoms with Crippen LogP contribution in [0.2, 0.25) is 0 Å². The Hall–Kier alpha value is -1.55. The molecule has 2 aliphatic rings. The van der Waals surface area contributed by atoms with Crippen molar-refractivity contribution in [3.05, 3.63) is 22.2 Å². The van der Waals surface area contributed by atoms with Crippen LogP contribution in [0, 0.1) is 3.57 Å². The van der Waals surface area contributed by atoms with Crippen molar-refractivity contribution in [3.8, 4) is 0 Å². The van der Waals surface area contributed by atoms with Gasteiger partial charge in [-0.3, -0.25) is 9.30 Å². The molecule has 0 spiro atoms. The molecule has 7 nitrogen and oxygen atoms in total. The molecule has 1 atom stereocenters. The predicted molar refractivity (Wildman–Crippen MR) is 95.6 cm³/mol. The van der Waals surface area contributed by atoms with E-state index in [9.17, 15) is 0 Å². The minimum atomic E-state index is 0.647. The molecule has 0 aliphatic carbocycles. The van der Waals surface area contributed by atoms with E-state index in [-0.39, 0.29) is 0 Å². The van der Waals surface area contributed by atoms with E-state index in [2.05, 4.69) is 53.6 Å². The van der Waals surface area contributed by atoms with Gasteiger partial charge in [-0.15, -0.1) is 10.2 Å². The molecule has 8 heteroatoms. The summed E-state index contributed by atoms with van der Waals surface area (Å²) in [6.45, 7) is 4.35. The Balaban J connectivity index is 1.65. The summed E-state index contributed by atoms with van der Waals surface area (Å²) < 4.78 is 3.09. The average Bonchev–Trinajstić information content (AvgIpc) is 3.22. The van der Waals surface area contributed by atoms with Gasteiger partial charge >= 0.3 is 0 Å². The topological polar surface area (TPSA) is 62.5 Å². The number of halogens is 1. The zero-order valence-electron chi connectivity index (χ0n) is 12.6. The third kappa shape index (κ3) is 2.18. The van der Waals surface area contributed by atoms with Crippen LogP contribution in [0.15, 0.2) is 18.6 Å².